The molecule has 0 spiro atoms. The van der Waals surface area contributed by atoms with E-state index in [0.717, 1.165) is 31.7 Å². The lowest BCUT2D eigenvalue weighted by molar-refractivity contribution is 0.0891. The van der Waals surface area contributed by atoms with E-state index in [1.54, 1.807) is 14.2 Å². The molecule has 5 nitrogen and oxygen atoms in total. The van der Waals surface area contributed by atoms with Crippen LogP contribution in [0.25, 0.3) is 0 Å². The van der Waals surface area contributed by atoms with E-state index >= 15 is 0 Å². The van der Waals surface area contributed by atoms with Crippen molar-refractivity contribution in [1.29, 1.82) is 0 Å². The van der Waals surface area contributed by atoms with E-state index in [9.17, 15) is 0 Å². The van der Waals surface area contributed by atoms with Crippen molar-refractivity contribution in [3.05, 3.63) is 12.1 Å². The van der Waals surface area contributed by atoms with E-state index in [4.69, 9.17) is 15.2 Å². The SMILES string of the molecule is COc1nc(N2CCCC(OC)C2)ccc1N. The van der Waals surface area contributed by atoms with Crippen molar-refractivity contribution < 1.29 is 9.47 Å². The Bertz CT molecular complexity index is 384. The van der Waals surface area contributed by atoms with Gasteiger partial charge in [-0.05, 0) is 25.0 Å². The van der Waals surface area contributed by atoms with Crippen LogP contribution in [0.15, 0.2) is 12.1 Å². The number of methoxy groups -OCH3 is 2. The van der Waals surface area contributed by atoms with Crippen molar-refractivity contribution in [2.24, 2.45) is 0 Å². The summed E-state index contributed by atoms with van der Waals surface area (Å²) in [5, 5.41) is 0. The Morgan fingerprint density at radius 2 is 2.24 bits per heavy atom. The Kier molecular flexibility index (Phi) is 3.68. The Morgan fingerprint density at radius 1 is 1.41 bits per heavy atom. The highest BCUT2D eigenvalue weighted by Crippen LogP contribution is 2.25. The third-order valence-corrected chi connectivity index (χ3v) is 3.10. The van der Waals surface area contributed by atoms with Gasteiger partial charge in [-0.2, -0.15) is 4.98 Å². The van der Waals surface area contributed by atoms with Crippen molar-refractivity contribution in [2.75, 3.05) is 37.9 Å². The second-order valence-electron chi connectivity index (χ2n) is 4.21. The lowest BCUT2D eigenvalue weighted by atomic mass is 10.1. The highest BCUT2D eigenvalue weighted by Gasteiger charge is 2.21. The average Bonchev–Trinajstić information content (AvgIpc) is 2.39. The molecule has 5 heteroatoms. The van der Waals surface area contributed by atoms with E-state index in [2.05, 4.69) is 9.88 Å². The van der Waals surface area contributed by atoms with Gasteiger partial charge in [-0.25, -0.2) is 0 Å². The molecule has 94 valence electrons. The highest BCUT2D eigenvalue weighted by atomic mass is 16.5. The summed E-state index contributed by atoms with van der Waals surface area (Å²) in [6, 6.07) is 3.76. The number of ether oxygens (including phenoxy) is 2. The van der Waals surface area contributed by atoms with Crippen LogP contribution in [-0.4, -0.2) is 38.4 Å². The van der Waals surface area contributed by atoms with Gasteiger partial charge in [0.15, 0.2) is 0 Å². The molecule has 1 saturated heterocycles. The maximum Gasteiger partial charge on any atom is 0.238 e. The fraction of sp³-hybridized carbons (Fsp3) is 0.583. The van der Waals surface area contributed by atoms with Crippen LogP contribution in [0, 0.1) is 0 Å². The molecule has 17 heavy (non-hydrogen) atoms. The van der Waals surface area contributed by atoms with Crippen molar-refractivity contribution >= 4 is 11.5 Å². The third kappa shape index (κ3) is 2.61. The first-order chi connectivity index (χ1) is 8.24. The zero-order valence-electron chi connectivity index (χ0n) is 10.3. The van der Waals surface area contributed by atoms with Crippen molar-refractivity contribution in [2.45, 2.75) is 18.9 Å². The molecule has 1 unspecified atom stereocenters. The molecule has 0 amide bonds. The molecule has 1 fully saturated rings. The molecule has 0 aromatic carbocycles. The molecule has 1 aromatic heterocycles. The predicted octanol–water partition coefficient (Wildman–Crippen LogP) is 1.29. The highest BCUT2D eigenvalue weighted by molar-refractivity contribution is 5.54. The van der Waals surface area contributed by atoms with Gasteiger partial charge in [-0.1, -0.05) is 0 Å². The molecule has 1 aliphatic rings. The predicted molar refractivity (Wildman–Crippen MR) is 67.4 cm³/mol. The van der Waals surface area contributed by atoms with E-state index in [1.807, 2.05) is 12.1 Å². The first-order valence-corrected chi connectivity index (χ1v) is 5.83. The molecule has 0 radical (unpaired) electrons. The molecular formula is C12H19N3O2. The van der Waals surface area contributed by atoms with Gasteiger partial charge in [0.05, 0.1) is 18.9 Å². The molecule has 1 atom stereocenters. The van der Waals surface area contributed by atoms with Crippen LogP contribution in [0.3, 0.4) is 0 Å². The number of nitrogen functional groups attached to an aromatic ring is 1. The fourth-order valence-corrected chi connectivity index (χ4v) is 2.12. The number of hydrogen-bond acceptors (Lipinski definition) is 5. The number of hydrogen-bond donors (Lipinski definition) is 1. The van der Waals surface area contributed by atoms with Gasteiger partial charge in [0.25, 0.3) is 0 Å². The van der Waals surface area contributed by atoms with Gasteiger partial charge >= 0.3 is 0 Å². The quantitative estimate of drug-likeness (QED) is 0.858. The zero-order valence-corrected chi connectivity index (χ0v) is 10.3. The summed E-state index contributed by atoms with van der Waals surface area (Å²) >= 11 is 0. The molecule has 0 aliphatic carbocycles. The van der Waals surface area contributed by atoms with E-state index in [1.165, 1.54) is 0 Å². The zero-order chi connectivity index (χ0) is 12.3. The molecule has 1 aliphatic heterocycles. The van der Waals surface area contributed by atoms with Crippen LogP contribution in [-0.2, 0) is 4.74 Å². The normalized spacial score (nSPS) is 20.4. The molecule has 0 saturated carbocycles. The number of nitrogens with zero attached hydrogens (tertiary/aromatic N) is 2. The minimum absolute atomic E-state index is 0.286. The van der Waals surface area contributed by atoms with Crippen molar-refractivity contribution in [3.63, 3.8) is 0 Å². The lowest BCUT2D eigenvalue weighted by Crippen LogP contribution is -2.39. The fourth-order valence-electron chi connectivity index (χ4n) is 2.12. The number of pyridine rings is 1. The molecule has 2 heterocycles. The van der Waals surface area contributed by atoms with E-state index < -0.39 is 0 Å². The standard InChI is InChI=1S/C12H19N3O2/c1-16-9-4-3-7-15(8-9)11-6-5-10(13)12(14-11)17-2/h5-6,9H,3-4,7-8,13H2,1-2H3. The molecule has 0 bridgehead atoms. The monoisotopic (exact) mass is 237 g/mol. The van der Waals surface area contributed by atoms with Crippen LogP contribution in [0.4, 0.5) is 11.5 Å². The Labute approximate surface area is 102 Å². The summed E-state index contributed by atoms with van der Waals surface area (Å²) in [6.07, 6.45) is 2.51. The van der Waals surface area contributed by atoms with Crippen molar-refractivity contribution in [1.82, 2.24) is 4.98 Å². The van der Waals surface area contributed by atoms with E-state index in [-0.39, 0.29) is 6.10 Å². The van der Waals surface area contributed by atoms with Crippen LogP contribution in [0.2, 0.25) is 0 Å². The first kappa shape index (κ1) is 12.0. The second-order valence-corrected chi connectivity index (χ2v) is 4.21. The van der Waals surface area contributed by atoms with E-state index in [0.29, 0.717) is 11.6 Å². The number of aromatic nitrogens is 1. The Hall–Kier alpha value is -1.49. The molecular weight excluding hydrogens is 218 g/mol. The summed E-state index contributed by atoms with van der Waals surface area (Å²) in [5.74, 6) is 1.39. The smallest absolute Gasteiger partial charge is 0.238 e. The average molecular weight is 237 g/mol. The molecule has 2 rings (SSSR count). The van der Waals surface area contributed by atoms with Gasteiger partial charge in [0, 0.05) is 20.2 Å². The minimum Gasteiger partial charge on any atom is -0.479 e. The summed E-state index contributed by atoms with van der Waals surface area (Å²) in [7, 11) is 3.34. The largest absolute Gasteiger partial charge is 0.479 e. The van der Waals surface area contributed by atoms with Gasteiger partial charge < -0.3 is 20.1 Å². The van der Waals surface area contributed by atoms with Crippen molar-refractivity contribution in [3.8, 4) is 5.88 Å². The van der Waals surface area contributed by atoms with Gasteiger partial charge in [-0.15, -0.1) is 0 Å². The van der Waals surface area contributed by atoms with Gasteiger partial charge in [0.2, 0.25) is 5.88 Å². The summed E-state index contributed by atoms with van der Waals surface area (Å²) in [4.78, 5) is 6.61. The minimum atomic E-state index is 0.286. The number of piperidine rings is 1. The Morgan fingerprint density at radius 3 is 2.94 bits per heavy atom. The number of rotatable bonds is 3. The lowest BCUT2D eigenvalue weighted by Gasteiger charge is -2.32. The summed E-state index contributed by atoms with van der Waals surface area (Å²) in [6.45, 7) is 1.87. The molecule has 1 aromatic rings. The maximum atomic E-state index is 5.75. The summed E-state index contributed by atoms with van der Waals surface area (Å²) in [5.41, 5.74) is 6.32. The van der Waals surface area contributed by atoms with Crippen LogP contribution >= 0.6 is 0 Å². The van der Waals surface area contributed by atoms with Gasteiger partial charge in [0.1, 0.15) is 5.82 Å². The number of nitrogens with two attached hydrogens (primary N) is 1. The molecule has 2 N–H and O–H groups in total. The van der Waals surface area contributed by atoms with Crippen LogP contribution in [0.1, 0.15) is 12.8 Å². The van der Waals surface area contributed by atoms with Crippen LogP contribution in [0.5, 0.6) is 5.88 Å². The Balaban J connectivity index is 2.16. The first-order valence-electron chi connectivity index (χ1n) is 5.83. The van der Waals surface area contributed by atoms with Gasteiger partial charge in [-0.3, -0.25) is 0 Å². The summed E-state index contributed by atoms with van der Waals surface area (Å²) < 4.78 is 10.5. The topological polar surface area (TPSA) is 60.6 Å². The van der Waals surface area contributed by atoms with Crippen LogP contribution < -0.4 is 15.4 Å². The maximum absolute atomic E-state index is 5.75. The second kappa shape index (κ2) is 5.23. The third-order valence-electron chi connectivity index (χ3n) is 3.10. The number of anilines is 2.